The molecule has 1 heterocycles. The maximum absolute atomic E-state index is 11.0. The molecule has 0 saturated carbocycles. The Balaban J connectivity index is 2.37. The number of carbonyl (C=O) groups is 1. The number of fused-ring (bicyclic) bond motifs is 1. The molecular weight excluding hydrogens is 226 g/mol. The van der Waals surface area contributed by atoms with Crippen molar-refractivity contribution < 1.29 is 9.72 Å². The molecule has 0 spiro atoms. The van der Waals surface area contributed by atoms with Crippen molar-refractivity contribution in [2.45, 2.75) is 0 Å². The van der Waals surface area contributed by atoms with E-state index in [9.17, 15) is 14.9 Å². The molecule has 0 saturated heterocycles. The van der Waals surface area contributed by atoms with E-state index in [0.29, 0.717) is 11.0 Å². The van der Waals surface area contributed by atoms with Crippen LogP contribution in [-0.4, -0.2) is 28.0 Å². The molecule has 3 N–H and O–H groups in total. The minimum Gasteiger partial charge on any atom is -0.341 e. The van der Waals surface area contributed by atoms with Gasteiger partial charge in [-0.3, -0.25) is 15.4 Å². The van der Waals surface area contributed by atoms with Crippen molar-refractivity contribution in [3.05, 3.63) is 28.3 Å². The largest absolute Gasteiger partial charge is 0.341 e. The first-order valence-corrected chi connectivity index (χ1v) is 4.73. The lowest BCUT2D eigenvalue weighted by molar-refractivity contribution is -0.384. The fourth-order valence-electron chi connectivity index (χ4n) is 1.34. The number of hydrogen-bond donors (Lipinski definition) is 3. The van der Waals surface area contributed by atoms with Crippen molar-refractivity contribution in [1.82, 2.24) is 15.3 Å². The number of aromatic nitrogens is 2. The van der Waals surface area contributed by atoms with Gasteiger partial charge in [0.15, 0.2) is 0 Å². The first-order valence-electron chi connectivity index (χ1n) is 4.73. The summed E-state index contributed by atoms with van der Waals surface area (Å²) >= 11 is 0. The van der Waals surface area contributed by atoms with Gasteiger partial charge in [0.05, 0.1) is 16.0 Å². The molecule has 8 heteroatoms. The topological polar surface area (TPSA) is 113 Å². The number of carbonyl (C=O) groups excluding carboxylic acids is 1. The number of nitro benzene ring substituents is 1. The number of benzene rings is 1. The van der Waals surface area contributed by atoms with Crippen molar-refractivity contribution in [3.63, 3.8) is 0 Å². The van der Waals surface area contributed by atoms with Gasteiger partial charge < -0.3 is 10.3 Å². The van der Waals surface area contributed by atoms with Crippen LogP contribution in [0.1, 0.15) is 0 Å². The van der Waals surface area contributed by atoms with Crippen molar-refractivity contribution in [2.24, 2.45) is 0 Å². The fraction of sp³-hybridized carbons (Fsp3) is 0.111. The van der Waals surface area contributed by atoms with Gasteiger partial charge in [0.1, 0.15) is 0 Å². The molecule has 2 amide bonds. The monoisotopic (exact) mass is 235 g/mol. The van der Waals surface area contributed by atoms with Crippen LogP contribution in [0.4, 0.5) is 16.4 Å². The summed E-state index contributed by atoms with van der Waals surface area (Å²) in [6.07, 6.45) is 0. The van der Waals surface area contributed by atoms with Crippen molar-refractivity contribution in [3.8, 4) is 0 Å². The molecule has 0 bridgehead atoms. The minimum absolute atomic E-state index is 0.0346. The molecule has 0 fully saturated rings. The van der Waals surface area contributed by atoms with Crippen LogP contribution in [0.5, 0.6) is 0 Å². The minimum atomic E-state index is -0.494. The van der Waals surface area contributed by atoms with E-state index >= 15 is 0 Å². The third-order valence-corrected chi connectivity index (χ3v) is 2.14. The van der Waals surface area contributed by atoms with E-state index in [1.54, 1.807) is 0 Å². The Morgan fingerprint density at radius 3 is 2.94 bits per heavy atom. The summed E-state index contributed by atoms with van der Waals surface area (Å²) in [5, 5.41) is 15.4. The smallest absolute Gasteiger partial charge is 0.321 e. The molecule has 88 valence electrons. The van der Waals surface area contributed by atoms with Crippen molar-refractivity contribution in [2.75, 3.05) is 12.4 Å². The molecule has 0 unspecified atom stereocenters. The van der Waals surface area contributed by atoms with E-state index in [1.807, 2.05) is 0 Å². The van der Waals surface area contributed by atoms with E-state index in [2.05, 4.69) is 20.6 Å². The Bertz CT molecular complexity index is 591. The summed E-state index contributed by atoms with van der Waals surface area (Å²) < 4.78 is 0. The Labute approximate surface area is 95.2 Å². The number of H-pyrrole nitrogens is 1. The van der Waals surface area contributed by atoms with Crippen LogP contribution in [0.25, 0.3) is 11.0 Å². The fourth-order valence-corrected chi connectivity index (χ4v) is 1.34. The summed E-state index contributed by atoms with van der Waals surface area (Å²) in [7, 11) is 1.48. The quantitative estimate of drug-likeness (QED) is 0.536. The van der Waals surface area contributed by atoms with Gasteiger partial charge in [-0.15, -0.1) is 0 Å². The van der Waals surface area contributed by atoms with Crippen molar-refractivity contribution >= 4 is 28.7 Å². The zero-order valence-electron chi connectivity index (χ0n) is 8.85. The first kappa shape index (κ1) is 10.9. The second-order valence-corrected chi connectivity index (χ2v) is 3.25. The van der Waals surface area contributed by atoms with Crippen LogP contribution in [0.2, 0.25) is 0 Å². The summed E-state index contributed by atoms with van der Waals surface area (Å²) in [5.41, 5.74) is 1.00. The number of rotatable bonds is 2. The molecule has 2 aromatic rings. The molecule has 1 aromatic heterocycles. The highest BCUT2D eigenvalue weighted by Crippen LogP contribution is 2.20. The molecule has 0 atom stereocenters. The predicted molar refractivity (Wildman–Crippen MR) is 60.8 cm³/mol. The third-order valence-electron chi connectivity index (χ3n) is 2.14. The highest BCUT2D eigenvalue weighted by Gasteiger charge is 2.10. The van der Waals surface area contributed by atoms with Crippen LogP contribution >= 0.6 is 0 Å². The van der Waals surface area contributed by atoms with E-state index in [4.69, 9.17) is 0 Å². The molecule has 1 aromatic carbocycles. The average molecular weight is 235 g/mol. The van der Waals surface area contributed by atoms with E-state index < -0.39 is 11.0 Å². The molecule has 0 radical (unpaired) electrons. The number of anilines is 1. The van der Waals surface area contributed by atoms with E-state index in [0.717, 1.165) is 0 Å². The summed E-state index contributed by atoms with van der Waals surface area (Å²) in [6.45, 7) is 0. The highest BCUT2D eigenvalue weighted by atomic mass is 16.6. The van der Waals surface area contributed by atoms with Gasteiger partial charge in [-0.05, 0) is 6.07 Å². The second kappa shape index (κ2) is 4.08. The number of amides is 2. The predicted octanol–water partition coefficient (Wildman–Crippen LogP) is 1.22. The zero-order chi connectivity index (χ0) is 12.4. The van der Waals surface area contributed by atoms with Crippen LogP contribution < -0.4 is 10.6 Å². The number of nitrogens with one attached hydrogen (secondary N) is 3. The lowest BCUT2D eigenvalue weighted by atomic mass is 10.3. The number of hydrogen-bond acceptors (Lipinski definition) is 4. The van der Waals surface area contributed by atoms with Crippen LogP contribution in [0.15, 0.2) is 18.2 Å². The number of urea groups is 1. The van der Waals surface area contributed by atoms with Gasteiger partial charge >= 0.3 is 6.03 Å². The number of non-ortho nitro benzene ring substituents is 1. The lowest BCUT2D eigenvalue weighted by Gasteiger charge is -1.97. The molecule has 17 heavy (non-hydrogen) atoms. The number of nitro groups is 1. The first-order chi connectivity index (χ1) is 8.10. The Morgan fingerprint density at radius 1 is 1.53 bits per heavy atom. The van der Waals surface area contributed by atoms with E-state index in [-0.39, 0.29) is 11.6 Å². The van der Waals surface area contributed by atoms with E-state index in [1.165, 1.54) is 25.2 Å². The maximum Gasteiger partial charge on any atom is 0.321 e. The molecule has 8 nitrogen and oxygen atoms in total. The molecule has 2 rings (SSSR count). The molecular formula is C9H9N5O3. The number of nitrogens with zero attached hydrogens (tertiary/aromatic N) is 2. The molecule has 0 aliphatic heterocycles. The van der Waals surface area contributed by atoms with Gasteiger partial charge in [0.2, 0.25) is 5.95 Å². The van der Waals surface area contributed by atoms with Crippen LogP contribution in [0, 0.1) is 10.1 Å². The van der Waals surface area contributed by atoms with Crippen LogP contribution in [-0.2, 0) is 0 Å². The standard InChI is InChI=1S/C9H9N5O3/c1-10-9(15)13-8-11-6-3-2-5(14(16)17)4-7(6)12-8/h2-4H,1H3,(H3,10,11,12,13,15). The van der Waals surface area contributed by atoms with Gasteiger partial charge in [0, 0.05) is 19.2 Å². The Morgan fingerprint density at radius 2 is 2.29 bits per heavy atom. The Kier molecular flexibility index (Phi) is 2.61. The van der Waals surface area contributed by atoms with Gasteiger partial charge in [-0.2, -0.15) is 0 Å². The van der Waals surface area contributed by atoms with Crippen LogP contribution in [0.3, 0.4) is 0 Å². The summed E-state index contributed by atoms with van der Waals surface area (Å²) in [4.78, 5) is 27.9. The second-order valence-electron chi connectivity index (χ2n) is 3.25. The lowest BCUT2D eigenvalue weighted by Crippen LogP contribution is -2.24. The third kappa shape index (κ3) is 2.14. The molecule has 0 aliphatic rings. The number of imidazole rings is 1. The molecule has 0 aliphatic carbocycles. The average Bonchev–Trinajstić information content (AvgIpc) is 2.69. The van der Waals surface area contributed by atoms with Crippen molar-refractivity contribution in [1.29, 1.82) is 0 Å². The number of aromatic amines is 1. The van der Waals surface area contributed by atoms with Gasteiger partial charge in [-0.25, -0.2) is 9.78 Å². The maximum atomic E-state index is 11.0. The van der Waals surface area contributed by atoms with Gasteiger partial charge in [0.25, 0.3) is 5.69 Å². The SMILES string of the molecule is CNC(=O)Nc1nc2ccc([N+](=O)[O-])cc2[nH]1. The zero-order valence-corrected chi connectivity index (χ0v) is 8.85. The Hall–Kier alpha value is -2.64. The van der Waals surface area contributed by atoms with Gasteiger partial charge in [-0.1, -0.05) is 0 Å². The normalized spacial score (nSPS) is 10.2. The summed E-state index contributed by atoms with van der Waals surface area (Å²) in [5.74, 6) is 0.236. The summed E-state index contributed by atoms with van der Waals surface area (Å²) in [6, 6.07) is 3.81. The highest BCUT2D eigenvalue weighted by molar-refractivity contribution is 5.89.